The second kappa shape index (κ2) is 13.4. The number of alkyl halides is 3. The summed E-state index contributed by atoms with van der Waals surface area (Å²) in [6.45, 7) is 6.64. The van der Waals surface area contributed by atoms with Crippen molar-refractivity contribution in [3.63, 3.8) is 0 Å². The first-order chi connectivity index (χ1) is 20.4. The summed E-state index contributed by atoms with van der Waals surface area (Å²) in [6, 6.07) is 13.0. The molecule has 0 aliphatic rings. The van der Waals surface area contributed by atoms with Crippen molar-refractivity contribution in [2.75, 3.05) is 0 Å². The standard InChI is InChI=1S/C32H33F5N4O2/c1-5-25-28(6-2)41(40-31(25)32(35,36)37)18-29(42)39-27(16-20-14-22(33)17-23(34)15-20)30-26(8-7-13-38-30)21-9-11-24(12-10-21)43-19(3)4/h7-15,17,19,27H,5-6,16,18H2,1-4H3,(H,39,42)/t27-/m0/s1. The Bertz CT molecular complexity index is 1540. The molecule has 4 rings (SSSR count). The maximum Gasteiger partial charge on any atom is 0.435 e. The van der Waals surface area contributed by atoms with Crippen LogP contribution >= 0.6 is 0 Å². The number of hydrogen-bond acceptors (Lipinski definition) is 4. The normalized spacial score (nSPS) is 12.4. The van der Waals surface area contributed by atoms with Crippen LogP contribution in [0.5, 0.6) is 5.75 Å². The molecule has 1 atom stereocenters. The Labute approximate surface area is 246 Å². The Morgan fingerprint density at radius 3 is 2.26 bits per heavy atom. The summed E-state index contributed by atoms with van der Waals surface area (Å²) in [7, 11) is 0. The van der Waals surface area contributed by atoms with Crippen molar-refractivity contribution in [3.8, 4) is 16.9 Å². The number of aromatic nitrogens is 3. The zero-order valence-electron chi connectivity index (χ0n) is 24.3. The van der Waals surface area contributed by atoms with E-state index in [0.717, 1.165) is 28.4 Å². The number of halogens is 5. The molecular weight excluding hydrogens is 567 g/mol. The number of hydrogen-bond donors (Lipinski definition) is 1. The van der Waals surface area contributed by atoms with Crippen LogP contribution in [0.15, 0.2) is 60.8 Å². The molecule has 11 heteroatoms. The molecule has 0 aliphatic carbocycles. The average Bonchev–Trinajstić information content (AvgIpc) is 3.30. The molecule has 2 aromatic carbocycles. The topological polar surface area (TPSA) is 69.0 Å². The van der Waals surface area contributed by atoms with Gasteiger partial charge in [0.25, 0.3) is 0 Å². The smallest absolute Gasteiger partial charge is 0.435 e. The third-order valence-electron chi connectivity index (χ3n) is 6.82. The molecule has 0 fully saturated rings. The number of amides is 1. The monoisotopic (exact) mass is 600 g/mol. The minimum Gasteiger partial charge on any atom is -0.491 e. The number of pyridine rings is 1. The molecule has 6 nitrogen and oxygen atoms in total. The van der Waals surface area contributed by atoms with Gasteiger partial charge in [0, 0.05) is 29.1 Å². The Morgan fingerprint density at radius 1 is 1.00 bits per heavy atom. The molecule has 43 heavy (non-hydrogen) atoms. The Hall–Kier alpha value is -4.28. The van der Waals surface area contributed by atoms with Gasteiger partial charge in [-0.1, -0.05) is 32.0 Å². The number of carbonyl (C=O) groups is 1. The van der Waals surface area contributed by atoms with Crippen molar-refractivity contribution in [2.45, 2.75) is 71.8 Å². The van der Waals surface area contributed by atoms with Crippen molar-refractivity contribution in [3.05, 3.63) is 101 Å². The summed E-state index contributed by atoms with van der Waals surface area (Å²) < 4.78 is 76.0. The first-order valence-corrected chi connectivity index (χ1v) is 14.0. The molecule has 0 unspecified atom stereocenters. The quantitative estimate of drug-likeness (QED) is 0.184. The van der Waals surface area contributed by atoms with Crippen LogP contribution in [0.3, 0.4) is 0 Å². The maximum absolute atomic E-state index is 14.1. The van der Waals surface area contributed by atoms with Crippen molar-refractivity contribution < 1.29 is 31.5 Å². The van der Waals surface area contributed by atoms with Gasteiger partial charge in [0.05, 0.1) is 17.8 Å². The lowest BCUT2D eigenvalue weighted by molar-refractivity contribution is -0.142. The molecule has 228 valence electrons. The summed E-state index contributed by atoms with van der Waals surface area (Å²) in [5.41, 5.74) is 1.44. The highest BCUT2D eigenvalue weighted by Crippen LogP contribution is 2.34. The van der Waals surface area contributed by atoms with Crippen LogP contribution in [0.1, 0.15) is 61.9 Å². The van der Waals surface area contributed by atoms with Gasteiger partial charge in [-0.25, -0.2) is 8.78 Å². The van der Waals surface area contributed by atoms with Crippen molar-refractivity contribution in [1.82, 2.24) is 20.1 Å². The molecule has 0 aliphatic heterocycles. The number of rotatable bonds is 11. The first kappa shape index (κ1) is 31.7. The second-order valence-electron chi connectivity index (χ2n) is 10.4. The summed E-state index contributed by atoms with van der Waals surface area (Å²) in [5.74, 6) is -1.52. The number of nitrogens with zero attached hydrogens (tertiary/aromatic N) is 3. The lowest BCUT2D eigenvalue weighted by Crippen LogP contribution is -2.34. The molecule has 0 bridgehead atoms. The van der Waals surface area contributed by atoms with E-state index in [4.69, 9.17) is 4.74 Å². The zero-order chi connectivity index (χ0) is 31.3. The average molecular weight is 601 g/mol. The lowest BCUT2D eigenvalue weighted by Gasteiger charge is -2.22. The fraction of sp³-hybridized carbons (Fsp3) is 0.344. The van der Waals surface area contributed by atoms with E-state index in [9.17, 15) is 26.7 Å². The molecule has 0 radical (unpaired) electrons. The number of benzene rings is 2. The summed E-state index contributed by atoms with van der Waals surface area (Å²) >= 11 is 0. The first-order valence-electron chi connectivity index (χ1n) is 14.0. The van der Waals surface area contributed by atoms with Crippen LogP contribution in [0.4, 0.5) is 22.0 Å². The van der Waals surface area contributed by atoms with E-state index in [-0.39, 0.29) is 36.5 Å². The molecule has 4 aromatic rings. The summed E-state index contributed by atoms with van der Waals surface area (Å²) in [4.78, 5) is 17.9. The summed E-state index contributed by atoms with van der Waals surface area (Å²) in [5, 5.41) is 6.59. The molecule has 0 saturated carbocycles. The second-order valence-corrected chi connectivity index (χ2v) is 10.4. The molecule has 2 heterocycles. The van der Waals surface area contributed by atoms with E-state index in [1.807, 2.05) is 26.0 Å². The molecule has 1 amide bonds. The van der Waals surface area contributed by atoms with Crippen LogP contribution in [-0.4, -0.2) is 26.8 Å². The van der Waals surface area contributed by atoms with Gasteiger partial charge < -0.3 is 10.1 Å². The predicted octanol–water partition coefficient (Wildman–Crippen LogP) is 7.25. The van der Waals surface area contributed by atoms with E-state index in [2.05, 4.69) is 15.4 Å². The van der Waals surface area contributed by atoms with Gasteiger partial charge in [-0.3, -0.25) is 14.5 Å². The highest BCUT2D eigenvalue weighted by molar-refractivity contribution is 5.77. The van der Waals surface area contributed by atoms with E-state index < -0.39 is 42.0 Å². The lowest BCUT2D eigenvalue weighted by atomic mass is 9.95. The fourth-order valence-corrected chi connectivity index (χ4v) is 5.14. The Morgan fingerprint density at radius 2 is 1.67 bits per heavy atom. The SMILES string of the molecule is CCc1c(C(F)(F)F)nn(CC(=O)N[C@@H](Cc2cc(F)cc(F)c2)c2ncccc2-c2ccc(OC(C)C)cc2)c1CC. The van der Waals surface area contributed by atoms with Crippen LogP contribution in [0.25, 0.3) is 11.1 Å². The van der Waals surface area contributed by atoms with Crippen LogP contribution in [-0.2, 0) is 36.8 Å². The van der Waals surface area contributed by atoms with Crippen LogP contribution in [0, 0.1) is 11.6 Å². The number of ether oxygens (including phenoxy) is 1. The Balaban J connectivity index is 1.71. The largest absolute Gasteiger partial charge is 0.491 e. The van der Waals surface area contributed by atoms with E-state index in [1.54, 1.807) is 38.1 Å². The van der Waals surface area contributed by atoms with E-state index >= 15 is 0 Å². The predicted molar refractivity (Wildman–Crippen MR) is 152 cm³/mol. The van der Waals surface area contributed by atoms with Gasteiger partial charge in [0.2, 0.25) is 5.91 Å². The molecule has 0 spiro atoms. The molecule has 2 aromatic heterocycles. The van der Waals surface area contributed by atoms with Gasteiger partial charge in [0.15, 0.2) is 5.69 Å². The van der Waals surface area contributed by atoms with E-state index in [0.29, 0.717) is 22.7 Å². The van der Waals surface area contributed by atoms with Crippen molar-refractivity contribution in [2.24, 2.45) is 0 Å². The third-order valence-corrected chi connectivity index (χ3v) is 6.82. The zero-order valence-corrected chi connectivity index (χ0v) is 24.3. The maximum atomic E-state index is 14.1. The van der Waals surface area contributed by atoms with Gasteiger partial charge in [-0.2, -0.15) is 18.3 Å². The van der Waals surface area contributed by atoms with Gasteiger partial charge >= 0.3 is 6.18 Å². The van der Waals surface area contributed by atoms with Crippen molar-refractivity contribution in [1.29, 1.82) is 0 Å². The Kier molecular flexibility index (Phi) is 9.83. The highest BCUT2D eigenvalue weighted by Gasteiger charge is 2.38. The minimum atomic E-state index is -4.67. The highest BCUT2D eigenvalue weighted by atomic mass is 19.4. The van der Waals surface area contributed by atoms with Gasteiger partial charge in [-0.15, -0.1) is 0 Å². The third kappa shape index (κ3) is 7.77. The summed E-state index contributed by atoms with van der Waals surface area (Å²) in [6.07, 6.45) is -2.84. The van der Waals surface area contributed by atoms with Gasteiger partial charge in [-0.05, 0) is 74.6 Å². The molecule has 1 N–H and O–H groups in total. The van der Waals surface area contributed by atoms with E-state index in [1.165, 1.54) is 6.20 Å². The van der Waals surface area contributed by atoms with Crippen LogP contribution < -0.4 is 10.1 Å². The number of nitrogens with one attached hydrogen (secondary N) is 1. The van der Waals surface area contributed by atoms with Gasteiger partial charge in [0.1, 0.15) is 23.9 Å². The fourth-order valence-electron chi connectivity index (χ4n) is 5.14. The minimum absolute atomic E-state index is 0.0188. The van der Waals surface area contributed by atoms with Crippen LogP contribution in [0.2, 0.25) is 0 Å². The molecule has 0 saturated heterocycles. The molecular formula is C32H33F5N4O2. The van der Waals surface area contributed by atoms with Crippen molar-refractivity contribution >= 4 is 5.91 Å². The number of carbonyl (C=O) groups excluding carboxylic acids is 1.